The molecule has 0 amide bonds. The summed E-state index contributed by atoms with van der Waals surface area (Å²) in [6.45, 7) is 5.09. The summed E-state index contributed by atoms with van der Waals surface area (Å²) in [4.78, 5) is 31.2. The molecule has 8 nitrogen and oxygen atoms in total. The fraction of sp³-hybridized carbons (Fsp3) is 0.188. The van der Waals surface area contributed by atoms with Gasteiger partial charge in [0.15, 0.2) is 5.69 Å². The van der Waals surface area contributed by atoms with Gasteiger partial charge in [-0.2, -0.15) is 9.80 Å². The van der Waals surface area contributed by atoms with Crippen LogP contribution in [0.3, 0.4) is 0 Å². The van der Waals surface area contributed by atoms with Crippen LogP contribution in [0.5, 0.6) is 0 Å². The number of nitrogens with one attached hydrogen (secondary N) is 2. The van der Waals surface area contributed by atoms with Crippen molar-refractivity contribution in [2.45, 2.75) is 20.8 Å². The van der Waals surface area contributed by atoms with Gasteiger partial charge in [0.25, 0.3) is 5.56 Å². The molecule has 2 aromatic heterocycles. The van der Waals surface area contributed by atoms with Gasteiger partial charge >= 0.3 is 5.56 Å². The Bertz CT molecular complexity index is 1030. The number of rotatable bonds is 3. The molecule has 2 N–H and O–H groups in total. The van der Waals surface area contributed by atoms with Crippen LogP contribution in [0.2, 0.25) is 0 Å². The molecule has 3 aromatic rings. The molecule has 8 heteroatoms. The minimum atomic E-state index is -0.432. The number of hydrogen-bond acceptors (Lipinski definition) is 5. The van der Waals surface area contributed by atoms with Crippen molar-refractivity contribution in [1.82, 2.24) is 19.7 Å². The van der Waals surface area contributed by atoms with Crippen LogP contribution < -0.4 is 11.1 Å². The maximum Gasteiger partial charge on any atom is 0.301 e. The molecule has 0 aliphatic rings. The van der Waals surface area contributed by atoms with Crippen LogP contribution in [0.4, 0.5) is 11.4 Å². The molecule has 0 radical (unpaired) electrons. The Morgan fingerprint density at radius 3 is 2.42 bits per heavy atom. The highest BCUT2D eigenvalue weighted by Crippen LogP contribution is 2.17. The third-order valence-electron chi connectivity index (χ3n) is 3.66. The average Bonchev–Trinajstić information content (AvgIpc) is 2.85. The molecule has 0 aliphatic heterocycles. The van der Waals surface area contributed by atoms with Crippen LogP contribution in [0.1, 0.15) is 17.0 Å². The quantitative estimate of drug-likeness (QED) is 0.723. The second kappa shape index (κ2) is 6.07. The molecule has 0 aliphatic carbocycles. The number of hydrogen-bond donors (Lipinski definition) is 2. The number of aromatic nitrogens is 4. The molecule has 0 fully saturated rings. The third kappa shape index (κ3) is 2.81. The maximum atomic E-state index is 12.5. The minimum Gasteiger partial charge on any atom is -0.291 e. The number of aromatic amines is 2. The molecule has 0 atom stereocenters. The third-order valence-corrected chi connectivity index (χ3v) is 3.66. The first-order chi connectivity index (χ1) is 11.5. The van der Waals surface area contributed by atoms with Crippen molar-refractivity contribution in [2.24, 2.45) is 10.2 Å². The lowest BCUT2D eigenvalue weighted by Crippen LogP contribution is -2.23. The Labute approximate surface area is 136 Å². The lowest BCUT2D eigenvalue weighted by atomic mass is 10.3. The van der Waals surface area contributed by atoms with E-state index in [9.17, 15) is 9.59 Å². The van der Waals surface area contributed by atoms with E-state index in [-0.39, 0.29) is 17.2 Å². The van der Waals surface area contributed by atoms with E-state index in [0.717, 1.165) is 4.68 Å². The summed E-state index contributed by atoms with van der Waals surface area (Å²) in [5, 5.41) is 10.9. The zero-order valence-corrected chi connectivity index (χ0v) is 13.5. The van der Waals surface area contributed by atoms with Gasteiger partial charge in [0.2, 0.25) is 5.95 Å². The Hall–Kier alpha value is -3.29. The lowest BCUT2D eigenvalue weighted by Gasteiger charge is -2.03. The highest BCUT2D eigenvalue weighted by Gasteiger charge is 2.15. The molecule has 24 heavy (non-hydrogen) atoms. The summed E-state index contributed by atoms with van der Waals surface area (Å²) in [6.07, 6.45) is 0. The van der Waals surface area contributed by atoms with Crippen LogP contribution in [-0.4, -0.2) is 19.7 Å². The average molecular weight is 324 g/mol. The summed E-state index contributed by atoms with van der Waals surface area (Å²) in [5.74, 6) is 0.123. The Morgan fingerprint density at radius 2 is 1.75 bits per heavy atom. The van der Waals surface area contributed by atoms with Crippen molar-refractivity contribution >= 4 is 11.4 Å². The standard InChI is InChI=1S/C16H16N6O2/c1-9-10(2)17-16(18-14(9)23)22-15(24)13(11(3)21-22)20-19-12-7-5-4-6-8-12/h4-8,21H,1-3H3,(H,17,18,23). The summed E-state index contributed by atoms with van der Waals surface area (Å²) in [5.41, 5.74) is 1.68. The summed E-state index contributed by atoms with van der Waals surface area (Å²) in [7, 11) is 0. The predicted molar refractivity (Wildman–Crippen MR) is 89.6 cm³/mol. The van der Waals surface area contributed by atoms with E-state index in [4.69, 9.17) is 0 Å². The van der Waals surface area contributed by atoms with E-state index in [1.54, 1.807) is 32.9 Å². The normalized spacial score (nSPS) is 11.3. The van der Waals surface area contributed by atoms with Crippen LogP contribution in [0, 0.1) is 20.8 Å². The first kappa shape index (κ1) is 15.6. The smallest absolute Gasteiger partial charge is 0.291 e. The van der Waals surface area contributed by atoms with Crippen LogP contribution >= 0.6 is 0 Å². The van der Waals surface area contributed by atoms with Gasteiger partial charge in [-0.25, -0.2) is 4.98 Å². The lowest BCUT2D eigenvalue weighted by molar-refractivity contribution is 0.759. The molecular weight excluding hydrogens is 308 g/mol. The van der Waals surface area contributed by atoms with Gasteiger partial charge in [0.1, 0.15) is 0 Å². The molecule has 0 bridgehead atoms. The van der Waals surface area contributed by atoms with E-state index in [0.29, 0.717) is 22.6 Å². The number of benzene rings is 1. The molecule has 122 valence electrons. The molecular formula is C16H16N6O2. The SMILES string of the molecule is Cc1nc(-n2[nH]c(C)c(N=Nc3ccccc3)c2=O)[nH]c(=O)c1C. The first-order valence-electron chi connectivity index (χ1n) is 7.33. The number of nitrogens with zero attached hydrogens (tertiary/aromatic N) is 4. The maximum absolute atomic E-state index is 12.5. The summed E-state index contributed by atoms with van der Waals surface area (Å²) >= 11 is 0. The van der Waals surface area contributed by atoms with E-state index < -0.39 is 5.56 Å². The molecule has 0 unspecified atom stereocenters. The van der Waals surface area contributed by atoms with Gasteiger partial charge in [-0.15, -0.1) is 5.11 Å². The van der Waals surface area contributed by atoms with Crippen molar-refractivity contribution < 1.29 is 0 Å². The molecule has 0 spiro atoms. The van der Waals surface area contributed by atoms with E-state index in [1.807, 2.05) is 18.2 Å². The highest BCUT2D eigenvalue weighted by molar-refractivity contribution is 5.42. The van der Waals surface area contributed by atoms with E-state index in [2.05, 4.69) is 25.3 Å². The topological polar surface area (TPSA) is 108 Å². The second-order valence-corrected chi connectivity index (χ2v) is 5.36. The highest BCUT2D eigenvalue weighted by atomic mass is 16.1. The molecule has 2 heterocycles. The second-order valence-electron chi connectivity index (χ2n) is 5.36. The fourth-order valence-electron chi connectivity index (χ4n) is 2.14. The molecule has 1 aromatic carbocycles. The summed E-state index contributed by atoms with van der Waals surface area (Å²) in [6, 6.07) is 9.11. The van der Waals surface area contributed by atoms with Crippen LogP contribution in [0.15, 0.2) is 50.1 Å². The van der Waals surface area contributed by atoms with Crippen molar-refractivity contribution in [3.63, 3.8) is 0 Å². The van der Waals surface area contributed by atoms with Crippen molar-refractivity contribution in [1.29, 1.82) is 0 Å². The van der Waals surface area contributed by atoms with Gasteiger partial charge in [-0.3, -0.25) is 19.7 Å². The monoisotopic (exact) mass is 324 g/mol. The van der Waals surface area contributed by atoms with Crippen molar-refractivity contribution in [2.75, 3.05) is 0 Å². The van der Waals surface area contributed by atoms with Gasteiger partial charge in [-0.1, -0.05) is 18.2 Å². The van der Waals surface area contributed by atoms with Crippen LogP contribution in [-0.2, 0) is 0 Å². The van der Waals surface area contributed by atoms with Gasteiger partial charge in [-0.05, 0) is 32.9 Å². The molecule has 3 rings (SSSR count). The fourth-order valence-corrected chi connectivity index (χ4v) is 2.14. The number of H-pyrrole nitrogens is 2. The molecule has 0 saturated carbocycles. The number of aryl methyl sites for hydroxylation is 2. The van der Waals surface area contributed by atoms with Gasteiger partial charge < -0.3 is 0 Å². The van der Waals surface area contributed by atoms with Gasteiger partial charge in [0, 0.05) is 11.3 Å². The zero-order chi connectivity index (χ0) is 17.3. The zero-order valence-electron chi connectivity index (χ0n) is 13.5. The summed E-state index contributed by atoms with van der Waals surface area (Å²) < 4.78 is 1.16. The number of azo groups is 1. The van der Waals surface area contributed by atoms with E-state index >= 15 is 0 Å². The van der Waals surface area contributed by atoms with E-state index in [1.165, 1.54) is 0 Å². The Morgan fingerprint density at radius 1 is 1.04 bits per heavy atom. The minimum absolute atomic E-state index is 0.123. The molecule has 0 saturated heterocycles. The van der Waals surface area contributed by atoms with Crippen molar-refractivity contribution in [3.8, 4) is 5.95 Å². The Kier molecular flexibility index (Phi) is 3.95. The Balaban J connectivity index is 2.06. The van der Waals surface area contributed by atoms with Crippen LogP contribution in [0.25, 0.3) is 5.95 Å². The first-order valence-corrected chi connectivity index (χ1v) is 7.33. The largest absolute Gasteiger partial charge is 0.301 e. The predicted octanol–water partition coefficient (Wildman–Crippen LogP) is 2.59. The van der Waals surface area contributed by atoms with Crippen molar-refractivity contribution in [3.05, 3.63) is 68.0 Å². The van der Waals surface area contributed by atoms with Gasteiger partial charge in [0.05, 0.1) is 11.4 Å².